The summed E-state index contributed by atoms with van der Waals surface area (Å²) in [6, 6.07) is 6.21. The zero-order valence-corrected chi connectivity index (χ0v) is 12.3. The van der Waals surface area contributed by atoms with Crippen molar-refractivity contribution in [3.8, 4) is 16.9 Å². The highest BCUT2D eigenvalue weighted by Crippen LogP contribution is 2.27. The third-order valence-electron chi connectivity index (χ3n) is 3.28. The minimum atomic E-state index is 0.597. The largest absolute Gasteiger partial charge is 0.494 e. The van der Waals surface area contributed by atoms with E-state index in [4.69, 9.17) is 10.5 Å². The van der Waals surface area contributed by atoms with Crippen LogP contribution in [0.25, 0.3) is 11.1 Å². The summed E-state index contributed by atoms with van der Waals surface area (Å²) in [5.74, 6) is 0.922. The van der Waals surface area contributed by atoms with E-state index in [9.17, 15) is 0 Å². The lowest BCUT2D eigenvalue weighted by atomic mass is 10.0. The molecule has 0 amide bonds. The number of aromatic nitrogens is 2. The minimum absolute atomic E-state index is 0.597. The summed E-state index contributed by atoms with van der Waals surface area (Å²) >= 11 is 0. The molecule has 1 aromatic carbocycles. The minimum Gasteiger partial charge on any atom is -0.494 e. The van der Waals surface area contributed by atoms with Gasteiger partial charge in [-0.2, -0.15) is 5.10 Å². The maximum Gasteiger partial charge on any atom is 0.119 e. The highest BCUT2D eigenvalue weighted by atomic mass is 16.5. The Labute approximate surface area is 120 Å². The molecule has 0 aliphatic heterocycles. The van der Waals surface area contributed by atoms with Crippen molar-refractivity contribution in [1.29, 1.82) is 0 Å². The molecular weight excluding hydrogens is 250 g/mol. The predicted molar refractivity (Wildman–Crippen MR) is 81.9 cm³/mol. The normalized spacial score (nSPS) is 10.8. The van der Waals surface area contributed by atoms with Gasteiger partial charge in [0.15, 0.2) is 0 Å². The van der Waals surface area contributed by atoms with Crippen LogP contribution in [0.2, 0.25) is 0 Å². The molecule has 4 heteroatoms. The Hall–Kier alpha value is -1.81. The molecule has 0 bridgehead atoms. The first-order valence-electron chi connectivity index (χ1n) is 7.21. The SMILES string of the molecule is CCCCOc1ccc(C)c(-c2cnn(CCN)c2)c1. The van der Waals surface area contributed by atoms with E-state index < -0.39 is 0 Å². The molecule has 0 aliphatic rings. The van der Waals surface area contributed by atoms with E-state index in [-0.39, 0.29) is 0 Å². The number of nitrogens with two attached hydrogens (primary N) is 1. The fraction of sp³-hybridized carbons (Fsp3) is 0.438. The predicted octanol–water partition coefficient (Wildman–Crippen LogP) is 3.00. The van der Waals surface area contributed by atoms with Gasteiger partial charge in [0.05, 0.1) is 19.3 Å². The molecule has 0 unspecified atom stereocenters. The average Bonchev–Trinajstić information content (AvgIpc) is 2.90. The molecule has 20 heavy (non-hydrogen) atoms. The Morgan fingerprint density at radius 2 is 2.20 bits per heavy atom. The van der Waals surface area contributed by atoms with E-state index in [0.717, 1.165) is 37.3 Å². The third kappa shape index (κ3) is 3.61. The molecule has 108 valence electrons. The molecule has 0 aliphatic carbocycles. The molecule has 0 fully saturated rings. The molecule has 0 saturated heterocycles. The van der Waals surface area contributed by atoms with E-state index in [1.165, 1.54) is 11.1 Å². The topological polar surface area (TPSA) is 53.1 Å². The quantitative estimate of drug-likeness (QED) is 0.789. The molecule has 2 rings (SSSR count). The second-order valence-corrected chi connectivity index (χ2v) is 4.96. The molecule has 1 aromatic heterocycles. The Morgan fingerprint density at radius 3 is 2.95 bits per heavy atom. The van der Waals surface area contributed by atoms with Crippen LogP contribution in [0.1, 0.15) is 25.3 Å². The zero-order chi connectivity index (χ0) is 14.4. The Kier molecular flexibility index (Phi) is 5.18. The van der Waals surface area contributed by atoms with Crippen molar-refractivity contribution in [3.05, 3.63) is 36.2 Å². The van der Waals surface area contributed by atoms with Crippen molar-refractivity contribution in [2.24, 2.45) is 5.73 Å². The summed E-state index contributed by atoms with van der Waals surface area (Å²) in [6.45, 7) is 6.37. The molecule has 0 atom stereocenters. The highest BCUT2D eigenvalue weighted by Gasteiger charge is 2.07. The fourth-order valence-corrected chi connectivity index (χ4v) is 2.09. The fourth-order valence-electron chi connectivity index (χ4n) is 2.09. The lowest BCUT2D eigenvalue weighted by Crippen LogP contribution is -2.09. The molecule has 0 saturated carbocycles. The number of nitrogens with zero attached hydrogens (tertiary/aromatic N) is 2. The summed E-state index contributed by atoms with van der Waals surface area (Å²) in [5, 5.41) is 4.32. The second-order valence-electron chi connectivity index (χ2n) is 4.96. The summed E-state index contributed by atoms with van der Waals surface area (Å²) in [4.78, 5) is 0. The summed E-state index contributed by atoms with van der Waals surface area (Å²) < 4.78 is 7.65. The van der Waals surface area contributed by atoms with Crippen molar-refractivity contribution in [1.82, 2.24) is 9.78 Å². The van der Waals surface area contributed by atoms with E-state index in [0.29, 0.717) is 6.54 Å². The van der Waals surface area contributed by atoms with E-state index in [2.05, 4.69) is 31.1 Å². The molecule has 0 spiro atoms. The smallest absolute Gasteiger partial charge is 0.119 e. The van der Waals surface area contributed by atoms with Gasteiger partial charge in [0, 0.05) is 18.3 Å². The van der Waals surface area contributed by atoms with E-state index >= 15 is 0 Å². The van der Waals surface area contributed by atoms with Crippen molar-refractivity contribution >= 4 is 0 Å². The number of hydrogen-bond donors (Lipinski definition) is 1. The highest BCUT2D eigenvalue weighted by molar-refractivity contribution is 5.67. The Balaban J connectivity index is 2.18. The first-order valence-corrected chi connectivity index (χ1v) is 7.21. The van der Waals surface area contributed by atoms with Gasteiger partial charge in [-0.15, -0.1) is 0 Å². The van der Waals surface area contributed by atoms with Crippen LogP contribution < -0.4 is 10.5 Å². The van der Waals surface area contributed by atoms with Gasteiger partial charge in [0.1, 0.15) is 5.75 Å². The molecule has 2 aromatic rings. The number of rotatable bonds is 7. The number of benzene rings is 1. The second kappa shape index (κ2) is 7.10. The van der Waals surface area contributed by atoms with Crippen molar-refractivity contribution in [3.63, 3.8) is 0 Å². The van der Waals surface area contributed by atoms with Gasteiger partial charge in [0.2, 0.25) is 0 Å². The first kappa shape index (κ1) is 14.6. The lowest BCUT2D eigenvalue weighted by Gasteiger charge is -2.09. The van der Waals surface area contributed by atoms with Gasteiger partial charge < -0.3 is 10.5 Å². The zero-order valence-electron chi connectivity index (χ0n) is 12.3. The number of hydrogen-bond acceptors (Lipinski definition) is 3. The van der Waals surface area contributed by atoms with Crippen molar-refractivity contribution in [2.45, 2.75) is 33.2 Å². The summed E-state index contributed by atoms with van der Waals surface area (Å²) in [5.41, 5.74) is 9.05. The maximum absolute atomic E-state index is 5.77. The number of aryl methyl sites for hydroxylation is 1. The van der Waals surface area contributed by atoms with Crippen molar-refractivity contribution in [2.75, 3.05) is 13.2 Å². The lowest BCUT2D eigenvalue weighted by molar-refractivity contribution is 0.309. The monoisotopic (exact) mass is 273 g/mol. The van der Waals surface area contributed by atoms with Gasteiger partial charge in [-0.1, -0.05) is 19.4 Å². The maximum atomic E-state index is 5.77. The van der Waals surface area contributed by atoms with Crippen molar-refractivity contribution < 1.29 is 4.74 Å². The van der Waals surface area contributed by atoms with Gasteiger partial charge in [-0.25, -0.2) is 0 Å². The van der Waals surface area contributed by atoms with Gasteiger partial charge in [-0.05, 0) is 36.6 Å². The third-order valence-corrected chi connectivity index (χ3v) is 3.28. The Bertz CT molecular complexity index is 548. The first-order chi connectivity index (χ1) is 9.74. The van der Waals surface area contributed by atoms with Gasteiger partial charge >= 0.3 is 0 Å². The molecule has 4 nitrogen and oxygen atoms in total. The van der Waals surface area contributed by atoms with Crippen LogP contribution in [0.15, 0.2) is 30.6 Å². The van der Waals surface area contributed by atoms with Crippen LogP contribution in [0.3, 0.4) is 0 Å². The van der Waals surface area contributed by atoms with E-state index in [1.807, 2.05) is 23.1 Å². The van der Waals surface area contributed by atoms with Crippen LogP contribution in [0.4, 0.5) is 0 Å². The summed E-state index contributed by atoms with van der Waals surface area (Å²) in [7, 11) is 0. The Morgan fingerprint density at radius 1 is 1.35 bits per heavy atom. The molecule has 1 heterocycles. The van der Waals surface area contributed by atoms with Crippen LogP contribution in [-0.4, -0.2) is 22.9 Å². The molecular formula is C16H23N3O. The van der Waals surface area contributed by atoms with Crippen LogP contribution in [-0.2, 0) is 6.54 Å². The summed E-state index contributed by atoms with van der Waals surface area (Å²) in [6.07, 6.45) is 6.14. The average molecular weight is 273 g/mol. The number of ether oxygens (including phenoxy) is 1. The standard InChI is InChI=1S/C16H23N3O/c1-3-4-9-20-15-6-5-13(2)16(10-15)14-11-18-19(12-14)8-7-17/h5-6,10-12H,3-4,7-9,17H2,1-2H3. The number of unbranched alkanes of at least 4 members (excludes halogenated alkanes) is 1. The molecule has 0 radical (unpaired) electrons. The van der Waals surface area contributed by atoms with Crippen LogP contribution in [0.5, 0.6) is 5.75 Å². The molecule has 2 N–H and O–H groups in total. The van der Waals surface area contributed by atoms with E-state index in [1.54, 1.807) is 0 Å². The van der Waals surface area contributed by atoms with Gasteiger partial charge in [-0.3, -0.25) is 4.68 Å². The van der Waals surface area contributed by atoms with Crippen LogP contribution in [0, 0.1) is 6.92 Å². The van der Waals surface area contributed by atoms with Crippen LogP contribution >= 0.6 is 0 Å². The van der Waals surface area contributed by atoms with Gasteiger partial charge in [0.25, 0.3) is 0 Å².